The normalized spacial score (nSPS) is 18.3. The number of hydrogen-bond donors (Lipinski definition) is 1. The fourth-order valence-electron chi connectivity index (χ4n) is 2.61. The van der Waals surface area contributed by atoms with Crippen molar-refractivity contribution < 1.29 is 4.74 Å². The van der Waals surface area contributed by atoms with Crippen LogP contribution in [0.2, 0.25) is 0 Å². The van der Waals surface area contributed by atoms with E-state index in [0.717, 1.165) is 24.5 Å². The Hall–Kier alpha value is -1.06. The molecule has 0 radical (unpaired) electrons. The number of piperidine rings is 1. The van der Waals surface area contributed by atoms with Crippen molar-refractivity contribution in [3.63, 3.8) is 0 Å². The van der Waals surface area contributed by atoms with E-state index >= 15 is 0 Å². The fraction of sp³-hybridized carbons (Fsp3) is 0.625. The Morgan fingerprint density at radius 3 is 2.68 bits per heavy atom. The van der Waals surface area contributed by atoms with Crippen molar-refractivity contribution in [3.05, 3.63) is 29.3 Å². The van der Waals surface area contributed by atoms with Crippen LogP contribution in [0.15, 0.2) is 18.2 Å². The molecule has 1 atom stereocenters. The molecule has 3 heteroatoms. The first-order chi connectivity index (χ1) is 9.16. The number of nitrogens with zero attached hydrogens (tertiary/aromatic N) is 1. The highest BCUT2D eigenvalue weighted by Gasteiger charge is 2.11. The highest BCUT2D eigenvalue weighted by molar-refractivity contribution is 5.38. The number of ether oxygens (including phenoxy) is 1. The Kier molecular flexibility index (Phi) is 5.23. The molecular formula is C16H26N2O. The van der Waals surface area contributed by atoms with Crippen LogP contribution in [-0.2, 0) is 0 Å². The molecule has 2 N–H and O–H groups in total. The van der Waals surface area contributed by atoms with E-state index in [1.807, 2.05) is 6.92 Å². The number of hydrogen-bond acceptors (Lipinski definition) is 3. The van der Waals surface area contributed by atoms with Gasteiger partial charge in [0, 0.05) is 18.2 Å². The van der Waals surface area contributed by atoms with Crippen molar-refractivity contribution in [1.82, 2.24) is 4.90 Å². The summed E-state index contributed by atoms with van der Waals surface area (Å²) in [6, 6.07) is 6.28. The van der Waals surface area contributed by atoms with Crippen LogP contribution in [0.5, 0.6) is 5.75 Å². The number of likely N-dealkylation sites (tertiary alicyclic amines) is 1. The van der Waals surface area contributed by atoms with Gasteiger partial charge >= 0.3 is 0 Å². The summed E-state index contributed by atoms with van der Waals surface area (Å²) < 4.78 is 5.96. The predicted molar refractivity (Wildman–Crippen MR) is 79.6 cm³/mol. The number of benzene rings is 1. The van der Waals surface area contributed by atoms with E-state index in [-0.39, 0.29) is 6.04 Å². The minimum Gasteiger partial charge on any atom is -0.492 e. The van der Waals surface area contributed by atoms with E-state index in [9.17, 15) is 0 Å². The molecule has 3 nitrogen and oxygen atoms in total. The van der Waals surface area contributed by atoms with Crippen LogP contribution in [-0.4, -0.2) is 31.1 Å². The van der Waals surface area contributed by atoms with E-state index < -0.39 is 0 Å². The zero-order valence-electron chi connectivity index (χ0n) is 12.2. The second kappa shape index (κ2) is 6.92. The zero-order valence-corrected chi connectivity index (χ0v) is 12.2. The summed E-state index contributed by atoms with van der Waals surface area (Å²) in [6.07, 6.45) is 4.04. The summed E-state index contributed by atoms with van der Waals surface area (Å²) in [5.74, 6) is 0.951. The molecule has 1 saturated heterocycles. The molecule has 1 aromatic carbocycles. The molecular weight excluding hydrogens is 236 g/mol. The summed E-state index contributed by atoms with van der Waals surface area (Å²) in [5, 5.41) is 0. The van der Waals surface area contributed by atoms with Gasteiger partial charge in [0.1, 0.15) is 12.4 Å². The Morgan fingerprint density at radius 1 is 1.26 bits per heavy atom. The Balaban J connectivity index is 1.89. The Labute approximate surface area is 116 Å². The van der Waals surface area contributed by atoms with Crippen LogP contribution in [0.1, 0.15) is 43.4 Å². The van der Waals surface area contributed by atoms with Crippen molar-refractivity contribution in [3.8, 4) is 5.75 Å². The summed E-state index contributed by atoms with van der Waals surface area (Å²) in [5.41, 5.74) is 8.31. The van der Waals surface area contributed by atoms with E-state index in [0.29, 0.717) is 0 Å². The molecule has 0 saturated carbocycles. The van der Waals surface area contributed by atoms with Crippen LogP contribution in [0.4, 0.5) is 0 Å². The van der Waals surface area contributed by atoms with Crippen LogP contribution in [0, 0.1) is 6.92 Å². The summed E-state index contributed by atoms with van der Waals surface area (Å²) in [7, 11) is 0. The maximum atomic E-state index is 5.99. The maximum Gasteiger partial charge on any atom is 0.124 e. The lowest BCUT2D eigenvalue weighted by Gasteiger charge is -2.26. The quantitative estimate of drug-likeness (QED) is 0.886. The largest absolute Gasteiger partial charge is 0.492 e. The summed E-state index contributed by atoms with van der Waals surface area (Å²) in [6.45, 7) is 8.30. The smallest absolute Gasteiger partial charge is 0.124 e. The molecule has 1 heterocycles. The SMILES string of the molecule is Cc1ccc(C(C)N)c(OCCN2CCCCC2)c1. The molecule has 0 aliphatic carbocycles. The van der Waals surface area contributed by atoms with Gasteiger partial charge in [0.2, 0.25) is 0 Å². The molecule has 0 bridgehead atoms. The third-order valence-corrected chi connectivity index (χ3v) is 3.77. The second-order valence-corrected chi connectivity index (χ2v) is 5.58. The Bertz CT molecular complexity index is 398. The highest BCUT2D eigenvalue weighted by atomic mass is 16.5. The van der Waals surface area contributed by atoms with Gasteiger partial charge in [-0.15, -0.1) is 0 Å². The van der Waals surface area contributed by atoms with E-state index in [1.165, 1.54) is 37.9 Å². The lowest BCUT2D eigenvalue weighted by molar-refractivity contribution is 0.182. The average molecular weight is 262 g/mol. The third-order valence-electron chi connectivity index (χ3n) is 3.77. The van der Waals surface area contributed by atoms with Gasteiger partial charge in [-0.25, -0.2) is 0 Å². The van der Waals surface area contributed by atoms with Gasteiger partial charge in [-0.1, -0.05) is 18.6 Å². The summed E-state index contributed by atoms with van der Waals surface area (Å²) >= 11 is 0. The fourth-order valence-corrected chi connectivity index (χ4v) is 2.61. The highest BCUT2D eigenvalue weighted by Crippen LogP contribution is 2.25. The molecule has 1 aliphatic rings. The molecule has 1 aromatic rings. The molecule has 106 valence electrons. The van der Waals surface area contributed by atoms with Crippen LogP contribution in [0.25, 0.3) is 0 Å². The van der Waals surface area contributed by atoms with Gasteiger partial charge in [0.05, 0.1) is 0 Å². The van der Waals surface area contributed by atoms with Crippen molar-refractivity contribution >= 4 is 0 Å². The monoisotopic (exact) mass is 262 g/mol. The average Bonchev–Trinajstić information content (AvgIpc) is 2.39. The molecule has 0 spiro atoms. The first-order valence-corrected chi connectivity index (χ1v) is 7.38. The maximum absolute atomic E-state index is 5.99. The van der Waals surface area contributed by atoms with E-state index in [4.69, 9.17) is 10.5 Å². The van der Waals surface area contributed by atoms with Crippen molar-refractivity contribution in [1.29, 1.82) is 0 Å². The van der Waals surface area contributed by atoms with Crippen molar-refractivity contribution in [2.75, 3.05) is 26.2 Å². The molecule has 1 unspecified atom stereocenters. The van der Waals surface area contributed by atoms with Crippen LogP contribution < -0.4 is 10.5 Å². The number of aryl methyl sites for hydroxylation is 1. The standard InChI is InChI=1S/C16H26N2O/c1-13-6-7-15(14(2)17)16(12-13)19-11-10-18-8-4-3-5-9-18/h6-7,12,14H,3-5,8-11,17H2,1-2H3. The second-order valence-electron chi connectivity index (χ2n) is 5.58. The van der Waals surface area contributed by atoms with Gasteiger partial charge in [-0.2, -0.15) is 0 Å². The van der Waals surface area contributed by atoms with Crippen molar-refractivity contribution in [2.45, 2.75) is 39.2 Å². The molecule has 0 amide bonds. The minimum absolute atomic E-state index is 0.0191. The first kappa shape index (κ1) is 14.4. The predicted octanol–water partition coefficient (Wildman–Crippen LogP) is 2.88. The zero-order chi connectivity index (χ0) is 13.7. The molecule has 2 rings (SSSR count). The van der Waals surface area contributed by atoms with Crippen LogP contribution in [0.3, 0.4) is 0 Å². The number of nitrogens with two attached hydrogens (primary N) is 1. The van der Waals surface area contributed by atoms with Gasteiger partial charge in [-0.05, 0) is 51.4 Å². The number of rotatable bonds is 5. The minimum atomic E-state index is 0.0191. The first-order valence-electron chi connectivity index (χ1n) is 7.38. The van der Waals surface area contributed by atoms with Gasteiger partial charge in [0.15, 0.2) is 0 Å². The summed E-state index contributed by atoms with van der Waals surface area (Å²) in [4.78, 5) is 2.49. The lowest BCUT2D eigenvalue weighted by atomic mass is 10.1. The molecule has 19 heavy (non-hydrogen) atoms. The van der Waals surface area contributed by atoms with E-state index in [2.05, 4.69) is 30.0 Å². The van der Waals surface area contributed by atoms with Gasteiger partial charge < -0.3 is 10.5 Å². The van der Waals surface area contributed by atoms with Gasteiger partial charge in [-0.3, -0.25) is 4.90 Å². The third kappa shape index (κ3) is 4.22. The molecule has 0 aromatic heterocycles. The molecule has 1 fully saturated rings. The van der Waals surface area contributed by atoms with Gasteiger partial charge in [0.25, 0.3) is 0 Å². The van der Waals surface area contributed by atoms with Crippen LogP contribution >= 0.6 is 0 Å². The van der Waals surface area contributed by atoms with E-state index in [1.54, 1.807) is 0 Å². The van der Waals surface area contributed by atoms with Crippen molar-refractivity contribution in [2.24, 2.45) is 5.73 Å². The lowest BCUT2D eigenvalue weighted by Crippen LogP contribution is -2.33. The Morgan fingerprint density at radius 2 is 2.00 bits per heavy atom. The topological polar surface area (TPSA) is 38.5 Å². The molecule has 1 aliphatic heterocycles.